The van der Waals surface area contributed by atoms with Crippen molar-refractivity contribution in [3.05, 3.63) is 36.2 Å². The number of hydrogen-bond acceptors (Lipinski definition) is 3. The topological polar surface area (TPSA) is 51.0 Å². The Balaban J connectivity index is 1.70. The average Bonchev–Trinajstić information content (AvgIpc) is 3.22. The van der Waals surface area contributed by atoms with Crippen molar-refractivity contribution in [2.24, 2.45) is 11.3 Å². The van der Waals surface area contributed by atoms with Gasteiger partial charge in [0.2, 0.25) is 5.91 Å². The fourth-order valence-electron chi connectivity index (χ4n) is 3.62. The molecular formula is C21H30N4O. The minimum Gasteiger partial charge on any atom is -0.342 e. The van der Waals surface area contributed by atoms with Crippen LogP contribution in [0, 0.1) is 11.3 Å². The second kappa shape index (κ2) is 7.22. The number of hydrogen-bond donors (Lipinski definition) is 0. The Morgan fingerprint density at radius 3 is 2.73 bits per heavy atom. The number of carbonyl (C=O) groups excluding carboxylic acids is 1. The van der Waals surface area contributed by atoms with Crippen LogP contribution in [-0.2, 0) is 11.2 Å². The number of nitrogens with zero attached hydrogens (tertiary/aromatic N) is 4. The predicted octanol–water partition coefficient (Wildman–Crippen LogP) is 3.96. The van der Waals surface area contributed by atoms with Gasteiger partial charge in [-0.1, -0.05) is 26.8 Å². The number of carbonyl (C=O) groups is 1. The van der Waals surface area contributed by atoms with E-state index >= 15 is 0 Å². The van der Waals surface area contributed by atoms with Crippen LogP contribution in [0.1, 0.15) is 52.8 Å². The summed E-state index contributed by atoms with van der Waals surface area (Å²) in [5.74, 6) is 0.738. The molecule has 0 radical (unpaired) electrons. The molecule has 1 unspecified atom stereocenters. The lowest BCUT2D eigenvalue weighted by Crippen LogP contribution is -2.38. The minimum atomic E-state index is -0.303. The highest BCUT2D eigenvalue weighted by Gasteiger charge is 2.32. The lowest BCUT2D eigenvalue weighted by atomic mass is 9.95. The molecule has 1 aliphatic heterocycles. The number of pyridine rings is 1. The van der Waals surface area contributed by atoms with Gasteiger partial charge in [0.1, 0.15) is 0 Å². The fourth-order valence-corrected chi connectivity index (χ4v) is 3.62. The van der Waals surface area contributed by atoms with Crippen molar-refractivity contribution >= 4 is 5.91 Å². The molecule has 3 heterocycles. The number of likely N-dealkylation sites (tertiary alicyclic amines) is 1. The molecule has 2 aromatic heterocycles. The molecule has 0 aromatic carbocycles. The van der Waals surface area contributed by atoms with Crippen LogP contribution in [-0.4, -0.2) is 38.7 Å². The van der Waals surface area contributed by atoms with E-state index in [4.69, 9.17) is 4.98 Å². The van der Waals surface area contributed by atoms with Crippen molar-refractivity contribution in [1.29, 1.82) is 0 Å². The van der Waals surface area contributed by atoms with Crippen molar-refractivity contribution in [3.8, 4) is 11.4 Å². The number of amides is 1. The van der Waals surface area contributed by atoms with Gasteiger partial charge in [0.25, 0.3) is 0 Å². The van der Waals surface area contributed by atoms with E-state index in [2.05, 4.69) is 31.1 Å². The molecular weight excluding hydrogens is 324 g/mol. The summed E-state index contributed by atoms with van der Waals surface area (Å²) in [5.41, 5.74) is 2.81. The lowest BCUT2D eigenvalue weighted by molar-refractivity contribution is -0.138. The first kappa shape index (κ1) is 18.6. The molecule has 0 spiro atoms. The molecule has 0 N–H and O–H groups in total. The van der Waals surface area contributed by atoms with Crippen molar-refractivity contribution in [2.45, 2.75) is 53.5 Å². The van der Waals surface area contributed by atoms with E-state index in [9.17, 15) is 4.79 Å². The number of aromatic nitrogens is 3. The third-order valence-corrected chi connectivity index (χ3v) is 4.94. The summed E-state index contributed by atoms with van der Waals surface area (Å²) in [6.07, 6.45) is 3.80. The Labute approximate surface area is 156 Å². The molecule has 0 aliphatic carbocycles. The SMILES string of the molecule is CC(C)n1nccc1-c1cccc(CC2CCN(C(=O)C(C)(C)C)C2)n1. The van der Waals surface area contributed by atoms with Crippen molar-refractivity contribution in [1.82, 2.24) is 19.7 Å². The Morgan fingerprint density at radius 2 is 2.04 bits per heavy atom. The lowest BCUT2D eigenvalue weighted by Gasteiger charge is -2.25. The second-order valence-electron chi connectivity index (χ2n) is 8.63. The number of rotatable bonds is 4. The van der Waals surface area contributed by atoms with Crippen LogP contribution in [0.3, 0.4) is 0 Å². The minimum absolute atomic E-state index is 0.252. The van der Waals surface area contributed by atoms with E-state index < -0.39 is 0 Å². The van der Waals surface area contributed by atoms with Crippen LogP contribution in [0.5, 0.6) is 0 Å². The quantitative estimate of drug-likeness (QED) is 0.835. The largest absolute Gasteiger partial charge is 0.342 e. The zero-order valence-corrected chi connectivity index (χ0v) is 16.6. The van der Waals surface area contributed by atoms with E-state index in [0.717, 1.165) is 43.0 Å². The zero-order valence-electron chi connectivity index (χ0n) is 16.6. The van der Waals surface area contributed by atoms with E-state index in [1.165, 1.54) is 0 Å². The summed E-state index contributed by atoms with van der Waals surface area (Å²) in [5, 5.41) is 4.41. The van der Waals surface area contributed by atoms with Gasteiger partial charge in [-0.15, -0.1) is 0 Å². The van der Waals surface area contributed by atoms with Gasteiger partial charge in [-0.05, 0) is 50.8 Å². The third-order valence-electron chi connectivity index (χ3n) is 4.94. The molecule has 1 atom stereocenters. The summed E-state index contributed by atoms with van der Waals surface area (Å²) in [4.78, 5) is 19.4. The van der Waals surface area contributed by atoms with Crippen LogP contribution >= 0.6 is 0 Å². The van der Waals surface area contributed by atoms with Gasteiger partial charge in [-0.25, -0.2) is 0 Å². The standard InChI is InChI=1S/C21H30N4O/c1-15(2)25-19(9-11-22-25)18-8-6-7-17(23-18)13-16-10-12-24(14-16)20(26)21(3,4)5/h6-9,11,15-16H,10,12-14H2,1-5H3. The van der Waals surface area contributed by atoms with Gasteiger partial charge in [-0.3, -0.25) is 14.5 Å². The molecule has 1 aliphatic rings. The molecule has 5 nitrogen and oxygen atoms in total. The normalized spacial score (nSPS) is 17.9. The van der Waals surface area contributed by atoms with E-state index in [1.807, 2.05) is 48.7 Å². The van der Waals surface area contributed by atoms with Crippen LogP contribution < -0.4 is 0 Å². The molecule has 2 aromatic rings. The highest BCUT2D eigenvalue weighted by atomic mass is 16.2. The Morgan fingerprint density at radius 1 is 1.27 bits per heavy atom. The van der Waals surface area contributed by atoms with Gasteiger partial charge < -0.3 is 4.90 Å². The molecule has 26 heavy (non-hydrogen) atoms. The Hall–Kier alpha value is -2.17. The van der Waals surface area contributed by atoms with Gasteiger partial charge in [-0.2, -0.15) is 5.10 Å². The fraction of sp³-hybridized carbons (Fsp3) is 0.571. The molecule has 1 amide bonds. The zero-order chi connectivity index (χ0) is 18.9. The first-order chi connectivity index (χ1) is 12.3. The molecule has 1 fully saturated rings. The molecule has 3 rings (SSSR count). The third kappa shape index (κ3) is 3.97. The molecule has 1 saturated heterocycles. The van der Waals surface area contributed by atoms with Crippen LogP contribution in [0.15, 0.2) is 30.5 Å². The van der Waals surface area contributed by atoms with Crippen molar-refractivity contribution < 1.29 is 4.79 Å². The van der Waals surface area contributed by atoms with E-state index in [0.29, 0.717) is 12.0 Å². The smallest absolute Gasteiger partial charge is 0.227 e. The molecule has 140 valence electrons. The maximum absolute atomic E-state index is 12.5. The molecule has 0 bridgehead atoms. The first-order valence-electron chi connectivity index (χ1n) is 9.55. The second-order valence-corrected chi connectivity index (χ2v) is 8.63. The average molecular weight is 354 g/mol. The predicted molar refractivity (Wildman–Crippen MR) is 104 cm³/mol. The maximum Gasteiger partial charge on any atom is 0.227 e. The van der Waals surface area contributed by atoms with Gasteiger partial charge in [0.05, 0.1) is 11.4 Å². The van der Waals surface area contributed by atoms with Gasteiger partial charge >= 0.3 is 0 Å². The highest BCUT2D eigenvalue weighted by Crippen LogP contribution is 2.27. The summed E-state index contributed by atoms with van der Waals surface area (Å²) >= 11 is 0. The summed E-state index contributed by atoms with van der Waals surface area (Å²) in [6, 6.07) is 8.53. The monoisotopic (exact) mass is 354 g/mol. The van der Waals surface area contributed by atoms with Gasteiger partial charge in [0.15, 0.2) is 0 Å². The van der Waals surface area contributed by atoms with E-state index in [1.54, 1.807) is 0 Å². The van der Waals surface area contributed by atoms with Crippen LogP contribution in [0.4, 0.5) is 0 Å². The van der Waals surface area contributed by atoms with Gasteiger partial charge in [0, 0.05) is 36.4 Å². The Bertz CT molecular complexity index is 772. The van der Waals surface area contributed by atoms with Crippen molar-refractivity contribution in [3.63, 3.8) is 0 Å². The Kier molecular flexibility index (Phi) is 5.17. The summed E-state index contributed by atoms with van der Waals surface area (Å²) in [7, 11) is 0. The van der Waals surface area contributed by atoms with E-state index in [-0.39, 0.29) is 11.3 Å². The molecule has 0 saturated carbocycles. The maximum atomic E-state index is 12.5. The summed E-state index contributed by atoms with van der Waals surface area (Å²) in [6.45, 7) is 11.9. The highest BCUT2D eigenvalue weighted by molar-refractivity contribution is 5.81. The van der Waals surface area contributed by atoms with Crippen molar-refractivity contribution in [2.75, 3.05) is 13.1 Å². The first-order valence-corrected chi connectivity index (χ1v) is 9.55. The summed E-state index contributed by atoms with van der Waals surface area (Å²) < 4.78 is 2.01. The molecule has 5 heteroatoms. The van der Waals surface area contributed by atoms with Crippen LogP contribution in [0.2, 0.25) is 0 Å². The van der Waals surface area contributed by atoms with Crippen LogP contribution in [0.25, 0.3) is 11.4 Å².